The smallest absolute Gasteiger partial charge is 0.177 e. The maximum absolute atomic E-state index is 9.03. The van der Waals surface area contributed by atoms with Crippen molar-refractivity contribution in [2.75, 3.05) is 18.1 Å². The van der Waals surface area contributed by atoms with Gasteiger partial charge in [0.1, 0.15) is 5.69 Å². The molecule has 0 saturated carbocycles. The van der Waals surface area contributed by atoms with Gasteiger partial charge in [-0.25, -0.2) is 4.68 Å². The number of nitrogens with zero attached hydrogens (tertiary/aromatic N) is 5. The minimum Gasteiger partial charge on any atom is -0.350 e. The fraction of sp³-hybridized carbons (Fsp3) is 0.250. The molecule has 1 aliphatic heterocycles. The van der Waals surface area contributed by atoms with E-state index in [1.165, 1.54) is 5.56 Å². The first-order valence-electron chi connectivity index (χ1n) is 8.57. The Morgan fingerprint density at radius 1 is 1.23 bits per heavy atom. The van der Waals surface area contributed by atoms with Crippen LogP contribution in [0.1, 0.15) is 28.6 Å². The highest BCUT2D eigenvalue weighted by molar-refractivity contribution is 5.50. The van der Waals surface area contributed by atoms with Gasteiger partial charge in [0.15, 0.2) is 6.23 Å². The van der Waals surface area contributed by atoms with Gasteiger partial charge in [-0.05, 0) is 42.3 Å². The van der Waals surface area contributed by atoms with E-state index in [0.717, 1.165) is 23.5 Å². The molecule has 2 aromatic carbocycles. The normalized spacial score (nSPS) is 16.6. The largest absolute Gasteiger partial charge is 0.350 e. The van der Waals surface area contributed by atoms with Crippen LogP contribution in [-0.2, 0) is 11.3 Å². The zero-order chi connectivity index (χ0) is 17.9. The van der Waals surface area contributed by atoms with Crippen LogP contribution < -0.4 is 4.90 Å². The van der Waals surface area contributed by atoms with Crippen LogP contribution in [0.25, 0.3) is 0 Å². The van der Waals surface area contributed by atoms with Crippen LogP contribution >= 0.6 is 0 Å². The van der Waals surface area contributed by atoms with E-state index in [2.05, 4.69) is 52.5 Å². The number of hydrogen-bond donors (Lipinski definition) is 0. The fourth-order valence-corrected chi connectivity index (χ4v) is 3.22. The highest BCUT2D eigenvalue weighted by Gasteiger charge is 2.29. The molecule has 0 bridgehead atoms. The van der Waals surface area contributed by atoms with Crippen LogP contribution in [0.2, 0.25) is 0 Å². The maximum Gasteiger partial charge on any atom is 0.177 e. The lowest BCUT2D eigenvalue weighted by atomic mass is 10.1. The van der Waals surface area contributed by atoms with Crippen molar-refractivity contribution in [3.05, 3.63) is 77.1 Å². The molecule has 0 amide bonds. The lowest BCUT2D eigenvalue weighted by Crippen LogP contribution is -2.23. The Balaban J connectivity index is 1.54. The van der Waals surface area contributed by atoms with Gasteiger partial charge in [0, 0.05) is 12.2 Å². The molecular formula is C20H19N5O. The Labute approximate surface area is 152 Å². The van der Waals surface area contributed by atoms with Crippen LogP contribution in [0.3, 0.4) is 0 Å². The van der Waals surface area contributed by atoms with E-state index >= 15 is 0 Å². The van der Waals surface area contributed by atoms with Crippen molar-refractivity contribution in [2.45, 2.75) is 19.7 Å². The predicted molar refractivity (Wildman–Crippen MR) is 97.5 cm³/mol. The summed E-state index contributed by atoms with van der Waals surface area (Å²) in [7, 11) is 0. The summed E-state index contributed by atoms with van der Waals surface area (Å²) in [5.41, 5.74) is 4.80. The standard InChI is InChI=1S/C20H19N5O/c1-15-4-2-7-18(10-15)25-8-9-26-20(25)19-14-24(23-22-19)13-17-6-3-5-16(11-17)12-21/h2-7,10-11,14,20H,8-9,13H2,1H3. The Hall–Kier alpha value is -3.17. The highest BCUT2D eigenvalue weighted by Crippen LogP contribution is 2.31. The average Bonchev–Trinajstić information content (AvgIpc) is 3.31. The Bertz CT molecular complexity index is 959. The molecule has 0 N–H and O–H groups in total. The van der Waals surface area contributed by atoms with Gasteiger partial charge in [0.2, 0.25) is 0 Å². The summed E-state index contributed by atoms with van der Waals surface area (Å²) in [4.78, 5) is 2.21. The Morgan fingerprint density at radius 3 is 2.96 bits per heavy atom. The minimum absolute atomic E-state index is 0.226. The van der Waals surface area contributed by atoms with E-state index < -0.39 is 0 Å². The van der Waals surface area contributed by atoms with E-state index in [1.54, 1.807) is 10.7 Å². The van der Waals surface area contributed by atoms with Gasteiger partial charge in [0.25, 0.3) is 0 Å². The molecule has 4 rings (SSSR count). The zero-order valence-electron chi connectivity index (χ0n) is 14.5. The number of rotatable bonds is 4. The molecule has 3 aromatic rings. The Morgan fingerprint density at radius 2 is 2.12 bits per heavy atom. The van der Waals surface area contributed by atoms with Crippen LogP contribution in [0.15, 0.2) is 54.7 Å². The van der Waals surface area contributed by atoms with Gasteiger partial charge in [-0.2, -0.15) is 5.26 Å². The number of benzene rings is 2. The van der Waals surface area contributed by atoms with Gasteiger partial charge in [0.05, 0.1) is 31.0 Å². The predicted octanol–water partition coefficient (Wildman–Crippen LogP) is 3.04. The highest BCUT2D eigenvalue weighted by atomic mass is 16.5. The summed E-state index contributed by atoms with van der Waals surface area (Å²) in [5, 5.41) is 17.6. The first-order valence-corrected chi connectivity index (χ1v) is 8.57. The molecule has 2 heterocycles. The lowest BCUT2D eigenvalue weighted by molar-refractivity contribution is 0.110. The monoisotopic (exact) mass is 345 g/mol. The van der Waals surface area contributed by atoms with Crippen molar-refractivity contribution in [2.24, 2.45) is 0 Å². The average molecular weight is 345 g/mol. The second-order valence-electron chi connectivity index (χ2n) is 6.41. The number of hydrogen-bond acceptors (Lipinski definition) is 5. The molecule has 1 fully saturated rings. The van der Waals surface area contributed by atoms with Crippen LogP contribution in [0.5, 0.6) is 0 Å². The van der Waals surface area contributed by atoms with E-state index in [-0.39, 0.29) is 6.23 Å². The molecule has 1 aliphatic rings. The molecule has 1 saturated heterocycles. The van der Waals surface area contributed by atoms with E-state index in [1.807, 2.05) is 24.4 Å². The number of aromatic nitrogens is 3. The molecule has 0 aliphatic carbocycles. The first-order chi connectivity index (χ1) is 12.7. The topological polar surface area (TPSA) is 67.0 Å². The van der Waals surface area contributed by atoms with Crippen LogP contribution in [0, 0.1) is 18.3 Å². The molecule has 1 aromatic heterocycles. The van der Waals surface area contributed by atoms with Crippen LogP contribution in [-0.4, -0.2) is 28.1 Å². The van der Waals surface area contributed by atoms with E-state index in [9.17, 15) is 0 Å². The van der Waals surface area contributed by atoms with Crippen molar-refractivity contribution in [3.63, 3.8) is 0 Å². The summed E-state index contributed by atoms with van der Waals surface area (Å²) < 4.78 is 7.69. The molecule has 0 spiro atoms. The van der Waals surface area contributed by atoms with E-state index in [0.29, 0.717) is 18.7 Å². The minimum atomic E-state index is -0.226. The van der Waals surface area contributed by atoms with Gasteiger partial charge in [-0.15, -0.1) is 5.10 Å². The molecule has 0 radical (unpaired) electrons. The quantitative estimate of drug-likeness (QED) is 0.727. The van der Waals surface area contributed by atoms with Crippen LogP contribution in [0.4, 0.5) is 5.69 Å². The van der Waals surface area contributed by atoms with Crippen molar-refractivity contribution in [1.29, 1.82) is 5.26 Å². The summed E-state index contributed by atoms with van der Waals surface area (Å²) in [6.45, 7) is 4.14. The maximum atomic E-state index is 9.03. The van der Waals surface area contributed by atoms with Gasteiger partial charge >= 0.3 is 0 Å². The van der Waals surface area contributed by atoms with Gasteiger partial charge < -0.3 is 9.64 Å². The Kier molecular flexibility index (Phi) is 4.38. The molecule has 6 heteroatoms. The van der Waals surface area contributed by atoms with Gasteiger partial charge in [-0.1, -0.05) is 29.5 Å². The van der Waals surface area contributed by atoms with Crippen molar-refractivity contribution < 1.29 is 4.74 Å². The van der Waals surface area contributed by atoms with Crippen molar-refractivity contribution in [3.8, 4) is 6.07 Å². The first kappa shape index (κ1) is 16.3. The molecule has 1 unspecified atom stereocenters. The summed E-state index contributed by atoms with van der Waals surface area (Å²) in [5.74, 6) is 0. The van der Waals surface area contributed by atoms with Gasteiger partial charge in [-0.3, -0.25) is 0 Å². The third-order valence-corrected chi connectivity index (χ3v) is 4.43. The number of ether oxygens (including phenoxy) is 1. The summed E-state index contributed by atoms with van der Waals surface area (Å²) in [6.07, 6.45) is 1.69. The summed E-state index contributed by atoms with van der Waals surface area (Å²) in [6, 6.07) is 18.1. The number of nitriles is 1. The zero-order valence-corrected chi connectivity index (χ0v) is 14.5. The van der Waals surface area contributed by atoms with Crippen molar-refractivity contribution >= 4 is 5.69 Å². The molecule has 1 atom stereocenters. The summed E-state index contributed by atoms with van der Waals surface area (Å²) >= 11 is 0. The molecule has 6 nitrogen and oxygen atoms in total. The molecular weight excluding hydrogens is 326 g/mol. The number of anilines is 1. The second kappa shape index (κ2) is 6.98. The van der Waals surface area contributed by atoms with E-state index in [4.69, 9.17) is 10.00 Å². The SMILES string of the molecule is Cc1cccc(N2CCOC2c2cn(Cc3cccc(C#N)c3)nn2)c1. The lowest BCUT2D eigenvalue weighted by Gasteiger charge is -2.23. The third-order valence-electron chi connectivity index (χ3n) is 4.43. The fourth-order valence-electron chi connectivity index (χ4n) is 3.22. The number of aryl methyl sites for hydroxylation is 1. The molecule has 130 valence electrons. The third kappa shape index (κ3) is 3.30. The second-order valence-corrected chi connectivity index (χ2v) is 6.41. The molecule has 26 heavy (non-hydrogen) atoms. The van der Waals surface area contributed by atoms with Crippen molar-refractivity contribution in [1.82, 2.24) is 15.0 Å².